The maximum atomic E-state index is 12.5. The molecule has 1 aliphatic rings. The summed E-state index contributed by atoms with van der Waals surface area (Å²) in [7, 11) is 0. The number of hydrogen-bond acceptors (Lipinski definition) is 7. The van der Waals surface area contributed by atoms with Crippen LogP contribution in [0.3, 0.4) is 0 Å². The summed E-state index contributed by atoms with van der Waals surface area (Å²) in [4.78, 5) is 24.8. The van der Waals surface area contributed by atoms with Gasteiger partial charge in [0.15, 0.2) is 0 Å². The largest absolute Gasteiger partial charge is 0.506 e. The summed E-state index contributed by atoms with van der Waals surface area (Å²) < 4.78 is 1.42. The van der Waals surface area contributed by atoms with Crippen molar-refractivity contribution in [3.63, 3.8) is 0 Å². The van der Waals surface area contributed by atoms with E-state index < -0.39 is 17.5 Å². The molecule has 0 saturated heterocycles. The minimum atomic E-state index is -1.20. The lowest BCUT2D eigenvalue weighted by molar-refractivity contribution is 0.0960. The highest BCUT2D eigenvalue weighted by molar-refractivity contribution is 6.06. The molecule has 1 aliphatic heterocycles. The van der Waals surface area contributed by atoms with Crippen molar-refractivity contribution in [3.8, 4) is 5.75 Å². The molecule has 0 amide bonds. The Labute approximate surface area is 118 Å². The molecule has 2 heterocycles. The van der Waals surface area contributed by atoms with E-state index in [-0.39, 0.29) is 11.3 Å². The van der Waals surface area contributed by atoms with Gasteiger partial charge in [0.25, 0.3) is 5.56 Å². The normalized spacial score (nSPS) is 14.1. The van der Waals surface area contributed by atoms with Gasteiger partial charge < -0.3 is 9.67 Å². The Kier molecular flexibility index (Phi) is 3.05. The molecule has 8 heteroatoms. The molecule has 0 bridgehead atoms. The number of nitrogens with zero attached hydrogens (tertiary/aromatic N) is 5. The van der Waals surface area contributed by atoms with Crippen molar-refractivity contribution in [2.24, 2.45) is 20.7 Å². The molecule has 1 aromatic carbocycles. The van der Waals surface area contributed by atoms with Gasteiger partial charge in [-0.15, -0.1) is 10.2 Å². The predicted molar refractivity (Wildman–Crippen MR) is 73.4 cm³/mol. The zero-order valence-electron chi connectivity index (χ0n) is 11.1. The summed E-state index contributed by atoms with van der Waals surface area (Å²) in [6.45, 7) is 2.15. The summed E-state index contributed by atoms with van der Waals surface area (Å²) in [6.07, 6.45) is -1.20. The Hall–Kier alpha value is -2.90. The van der Waals surface area contributed by atoms with Crippen LogP contribution in [0.5, 0.6) is 5.75 Å². The van der Waals surface area contributed by atoms with Crippen molar-refractivity contribution in [2.45, 2.75) is 19.6 Å². The zero-order chi connectivity index (χ0) is 15.0. The number of pyridine rings is 1. The fourth-order valence-corrected chi connectivity index (χ4v) is 2.33. The number of Topliss-reactive ketones (excluding diaryl/α,β-unsaturated/α-hetero) is 1. The molecule has 3 rings (SSSR count). The number of aromatic hydroxyl groups is 1. The fraction of sp³-hybridized carbons (Fsp3) is 0.231. The molecule has 0 unspecified atom stereocenters. The van der Waals surface area contributed by atoms with Crippen LogP contribution in [0.1, 0.15) is 17.3 Å². The van der Waals surface area contributed by atoms with Gasteiger partial charge >= 0.3 is 0 Å². The van der Waals surface area contributed by atoms with Gasteiger partial charge in [0, 0.05) is 11.9 Å². The predicted octanol–water partition coefficient (Wildman–Crippen LogP) is 2.07. The third kappa shape index (κ3) is 1.92. The maximum Gasteiger partial charge on any atom is 0.265 e. The molecule has 0 aliphatic carbocycles. The summed E-state index contributed by atoms with van der Waals surface area (Å²) in [5.74, 6) is -1.07. The van der Waals surface area contributed by atoms with Crippen LogP contribution in [0.15, 0.2) is 49.7 Å². The van der Waals surface area contributed by atoms with E-state index in [0.717, 1.165) is 0 Å². The average Bonchev–Trinajstić information content (AvgIpc) is 3.02. The molecule has 0 spiro atoms. The Bertz CT molecular complexity index is 841. The number of carbonyl (C=O) groups excluding carboxylic acids is 1. The number of aromatic nitrogens is 1. The highest BCUT2D eigenvalue weighted by Gasteiger charge is 2.29. The molecule has 21 heavy (non-hydrogen) atoms. The van der Waals surface area contributed by atoms with Crippen LogP contribution in [-0.2, 0) is 6.54 Å². The van der Waals surface area contributed by atoms with Crippen LogP contribution >= 0.6 is 0 Å². The lowest BCUT2D eigenvalue weighted by Crippen LogP contribution is -2.30. The van der Waals surface area contributed by atoms with Gasteiger partial charge in [-0.05, 0) is 29.5 Å². The standard InChI is InChI=1S/C13H11N5O3/c1-2-18-8-6-4-3-5-7(8)10(19)9(13(18)21)11(20)12-14-16-17-15-12/h3-6,12,19H,2H2,1H3. The van der Waals surface area contributed by atoms with Crippen LogP contribution in [-0.4, -0.2) is 21.6 Å². The van der Waals surface area contributed by atoms with Gasteiger partial charge in [-0.1, -0.05) is 12.1 Å². The van der Waals surface area contributed by atoms with Crippen LogP contribution in [0.4, 0.5) is 0 Å². The topological polar surface area (TPSA) is 109 Å². The Morgan fingerprint density at radius 1 is 1.29 bits per heavy atom. The van der Waals surface area contributed by atoms with Crippen molar-refractivity contribution >= 4 is 16.7 Å². The molecule has 1 N–H and O–H groups in total. The van der Waals surface area contributed by atoms with Gasteiger partial charge in [0.1, 0.15) is 11.3 Å². The van der Waals surface area contributed by atoms with Crippen molar-refractivity contribution in [1.82, 2.24) is 4.57 Å². The van der Waals surface area contributed by atoms with Crippen molar-refractivity contribution in [3.05, 3.63) is 40.2 Å². The number of rotatable bonds is 3. The minimum Gasteiger partial charge on any atom is -0.506 e. The number of ketones is 1. The van der Waals surface area contributed by atoms with Crippen LogP contribution < -0.4 is 5.56 Å². The number of benzene rings is 1. The van der Waals surface area contributed by atoms with E-state index in [4.69, 9.17) is 0 Å². The van der Waals surface area contributed by atoms with E-state index in [2.05, 4.69) is 20.7 Å². The SMILES string of the molecule is CCn1c(=O)c(C(=O)C2N=NN=N2)c(O)c2ccccc21. The Morgan fingerprint density at radius 3 is 2.62 bits per heavy atom. The van der Waals surface area contributed by atoms with Crippen LogP contribution in [0.2, 0.25) is 0 Å². The molecule has 8 nitrogen and oxygen atoms in total. The second kappa shape index (κ2) is 4.89. The molecule has 106 valence electrons. The monoisotopic (exact) mass is 285 g/mol. The molecule has 0 fully saturated rings. The lowest BCUT2D eigenvalue weighted by Gasteiger charge is -2.13. The molecular formula is C13H11N5O3. The first-order chi connectivity index (χ1) is 10.1. The van der Waals surface area contributed by atoms with E-state index in [1.54, 1.807) is 31.2 Å². The van der Waals surface area contributed by atoms with Crippen molar-refractivity contribution in [1.29, 1.82) is 0 Å². The molecular weight excluding hydrogens is 274 g/mol. The quantitative estimate of drug-likeness (QED) is 0.871. The fourth-order valence-electron chi connectivity index (χ4n) is 2.33. The van der Waals surface area contributed by atoms with Gasteiger partial charge in [-0.2, -0.15) is 0 Å². The van der Waals surface area contributed by atoms with Gasteiger partial charge in [0.2, 0.25) is 11.9 Å². The zero-order valence-corrected chi connectivity index (χ0v) is 11.1. The smallest absolute Gasteiger partial charge is 0.265 e. The van der Waals surface area contributed by atoms with Gasteiger partial charge in [-0.25, -0.2) is 0 Å². The second-order valence-electron chi connectivity index (χ2n) is 4.44. The van der Waals surface area contributed by atoms with Crippen LogP contribution in [0, 0.1) is 0 Å². The summed E-state index contributed by atoms with van der Waals surface area (Å²) in [6, 6.07) is 6.83. The van der Waals surface area contributed by atoms with Gasteiger partial charge in [0.05, 0.1) is 5.52 Å². The summed E-state index contributed by atoms with van der Waals surface area (Å²) in [5, 5.41) is 24.2. The van der Waals surface area contributed by atoms with E-state index in [0.29, 0.717) is 17.4 Å². The third-order valence-electron chi connectivity index (χ3n) is 3.30. The van der Waals surface area contributed by atoms with E-state index in [1.807, 2.05) is 0 Å². The number of aryl methyl sites for hydroxylation is 1. The number of carbonyl (C=O) groups is 1. The first kappa shape index (κ1) is 13.1. The first-order valence-electron chi connectivity index (χ1n) is 6.33. The number of fused-ring (bicyclic) bond motifs is 1. The van der Waals surface area contributed by atoms with Crippen molar-refractivity contribution < 1.29 is 9.90 Å². The molecule has 1 aromatic heterocycles. The third-order valence-corrected chi connectivity index (χ3v) is 3.30. The lowest BCUT2D eigenvalue weighted by atomic mass is 10.1. The Morgan fingerprint density at radius 2 is 1.95 bits per heavy atom. The molecule has 0 atom stereocenters. The molecule has 2 aromatic rings. The van der Waals surface area contributed by atoms with Gasteiger partial charge in [-0.3, -0.25) is 9.59 Å². The van der Waals surface area contributed by atoms with E-state index >= 15 is 0 Å². The number of hydrogen-bond donors (Lipinski definition) is 1. The Balaban J connectivity index is 2.32. The van der Waals surface area contributed by atoms with E-state index in [1.165, 1.54) is 4.57 Å². The number of para-hydroxylation sites is 1. The average molecular weight is 285 g/mol. The van der Waals surface area contributed by atoms with Crippen molar-refractivity contribution in [2.75, 3.05) is 0 Å². The maximum absolute atomic E-state index is 12.5. The summed E-state index contributed by atoms with van der Waals surface area (Å²) >= 11 is 0. The highest BCUT2D eigenvalue weighted by Crippen LogP contribution is 2.28. The van der Waals surface area contributed by atoms with E-state index in [9.17, 15) is 14.7 Å². The molecule has 0 saturated carbocycles. The second-order valence-corrected chi connectivity index (χ2v) is 4.44. The highest BCUT2D eigenvalue weighted by atomic mass is 16.3. The minimum absolute atomic E-state index is 0.333. The first-order valence-corrected chi connectivity index (χ1v) is 6.33. The summed E-state index contributed by atoms with van der Waals surface area (Å²) in [5.41, 5.74) is -0.343. The van der Waals surface area contributed by atoms with Crippen LogP contribution in [0.25, 0.3) is 10.9 Å². The molecule has 0 radical (unpaired) electrons.